The van der Waals surface area contributed by atoms with Gasteiger partial charge in [0.05, 0.1) is 5.69 Å². The highest BCUT2D eigenvalue weighted by molar-refractivity contribution is 6.31. The van der Waals surface area contributed by atoms with E-state index in [1.54, 1.807) is 18.3 Å². The Morgan fingerprint density at radius 3 is 2.81 bits per heavy atom. The van der Waals surface area contributed by atoms with Gasteiger partial charge in [0.1, 0.15) is 0 Å². The molecule has 2 aromatic rings. The molecule has 3 N–H and O–H groups in total. The molecule has 0 amide bonds. The standard InChI is InChI=1S/C12H12ClN3/c1-8-9(13)4-2-6-11(8)16-12-10(14)5-3-7-15-12/h2-7H,14H2,1H3,(H,15,16). The van der Waals surface area contributed by atoms with Crippen LogP contribution in [-0.4, -0.2) is 4.98 Å². The minimum atomic E-state index is 0.613. The molecule has 16 heavy (non-hydrogen) atoms. The van der Waals surface area contributed by atoms with Gasteiger partial charge in [-0.1, -0.05) is 17.7 Å². The van der Waals surface area contributed by atoms with Crippen LogP contribution < -0.4 is 11.1 Å². The van der Waals surface area contributed by atoms with Crippen molar-refractivity contribution in [1.82, 2.24) is 4.98 Å². The van der Waals surface area contributed by atoms with E-state index in [-0.39, 0.29) is 0 Å². The third-order valence-corrected chi connectivity index (χ3v) is 2.77. The topological polar surface area (TPSA) is 50.9 Å². The van der Waals surface area contributed by atoms with Crippen molar-refractivity contribution in [3.05, 3.63) is 47.1 Å². The first-order valence-electron chi connectivity index (χ1n) is 4.91. The van der Waals surface area contributed by atoms with Crippen LogP contribution in [0.4, 0.5) is 17.2 Å². The number of nitrogens with one attached hydrogen (secondary N) is 1. The fraction of sp³-hybridized carbons (Fsp3) is 0.0833. The number of aromatic nitrogens is 1. The zero-order valence-electron chi connectivity index (χ0n) is 8.87. The lowest BCUT2D eigenvalue weighted by molar-refractivity contribution is 1.30. The lowest BCUT2D eigenvalue weighted by Crippen LogP contribution is -1.99. The molecule has 0 radical (unpaired) electrons. The Morgan fingerprint density at radius 1 is 1.25 bits per heavy atom. The molecule has 0 aliphatic rings. The Morgan fingerprint density at radius 2 is 2.06 bits per heavy atom. The van der Waals surface area contributed by atoms with E-state index in [1.807, 2.05) is 25.1 Å². The second-order valence-electron chi connectivity index (χ2n) is 3.48. The number of hydrogen-bond acceptors (Lipinski definition) is 3. The summed E-state index contributed by atoms with van der Waals surface area (Å²) in [5, 5.41) is 3.88. The molecule has 1 aromatic carbocycles. The molecule has 0 saturated carbocycles. The summed E-state index contributed by atoms with van der Waals surface area (Å²) in [5.41, 5.74) is 8.31. The predicted octanol–water partition coefficient (Wildman–Crippen LogP) is 3.37. The molecule has 0 aliphatic heterocycles. The van der Waals surface area contributed by atoms with Crippen LogP contribution in [0.5, 0.6) is 0 Å². The zero-order chi connectivity index (χ0) is 11.5. The van der Waals surface area contributed by atoms with Gasteiger partial charge >= 0.3 is 0 Å². The highest BCUT2D eigenvalue weighted by Crippen LogP contribution is 2.27. The third-order valence-electron chi connectivity index (χ3n) is 2.36. The van der Waals surface area contributed by atoms with Gasteiger partial charge in [-0.2, -0.15) is 0 Å². The smallest absolute Gasteiger partial charge is 0.153 e. The lowest BCUT2D eigenvalue weighted by atomic mass is 10.2. The average Bonchev–Trinajstić information content (AvgIpc) is 2.28. The highest BCUT2D eigenvalue weighted by atomic mass is 35.5. The fourth-order valence-corrected chi connectivity index (χ4v) is 1.57. The van der Waals surface area contributed by atoms with Crippen molar-refractivity contribution in [3.63, 3.8) is 0 Å². The van der Waals surface area contributed by atoms with E-state index in [9.17, 15) is 0 Å². The van der Waals surface area contributed by atoms with Gasteiger partial charge in [0.15, 0.2) is 5.82 Å². The van der Waals surface area contributed by atoms with E-state index in [1.165, 1.54) is 0 Å². The zero-order valence-corrected chi connectivity index (χ0v) is 9.62. The van der Waals surface area contributed by atoms with Crippen LogP contribution in [0, 0.1) is 6.92 Å². The second-order valence-corrected chi connectivity index (χ2v) is 3.89. The van der Waals surface area contributed by atoms with Crippen molar-refractivity contribution in [1.29, 1.82) is 0 Å². The van der Waals surface area contributed by atoms with Gasteiger partial charge in [0.25, 0.3) is 0 Å². The molecule has 3 nitrogen and oxygen atoms in total. The van der Waals surface area contributed by atoms with E-state index >= 15 is 0 Å². The van der Waals surface area contributed by atoms with Gasteiger partial charge in [-0.3, -0.25) is 0 Å². The Bertz CT molecular complexity index is 511. The van der Waals surface area contributed by atoms with Crippen molar-refractivity contribution in [2.75, 3.05) is 11.1 Å². The molecule has 1 heterocycles. The van der Waals surface area contributed by atoms with Gasteiger partial charge in [-0.05, 0) is 36.8 Å². The summed E-state index contributed by atoms with van der Waals surface area (Å²) >= 11 is 6.03. The molecular formula is C12H12ClN3. The summed E-state index contributed by atoms with van der Waals surface area (Å²) in [5.74, 6) is 0.646. The average molecular weight is 234 g/mol. The molecule has 4 heteroatoms. The molecule has 0 bridgehead atoms. The normalized spacial score (nSPS) is 10.1. The number of pyridine rings is 1. The van der Waals surface area contributed by atoms with E-state index in [0.29, 0.717) is 11.5 Å². The summed E-state index contributed by atoms with van der Waals surface area (Å²) in [6.07, 6.45) is 1.69. The minimum Gasteiger partial charge on any atom is -0.396 e. The number of nitrogens with two attached hydrogens (primary N) is 1. The van der Waals surface area contributed by atoms with Crippen molar-refractivity contribution >= 4 is 28.8 Å². The molecule has 0 fully saturated rings. The van der Waals surface area contributed by atoms with E-state index in [4.69, 9.17) is 17.3 Å². The molecule has 2 rings (SSSR count). The number of hydrogen-bond donors (Lipinski definition) is 2. The maximum atomic E-state index is 6.03. The number of halogens is 1. The van der Waals surface area contributed by atoms with Crippen molar-refractivity contribution in [2.24, 2.45) is 0 Å². The number of rotatable bonds is 2. The van der Waals surface area contributed by atoms with Gasteiger partial charge in [0, 0.05) is 16.9 Å². The Hall–Kier alpha value is -1.74. The second kappa shape index (κ2) is 4.41. The van der Waals surface area contributed by atoms with Crippen LogP contribution in [0.15, 0.2) is 36.5 Å². The number of benzene rings is 1. The molecule has 0 atom stereocenters. The van der Waals surface area contributed by atoms with Crippen molar-refractivity contribution in [3.8, 4) is 0 Å². The van der Waals surface area contributed by atoms with Gasteiger partial charge in [-0.15, -0.1) is 0 Å². The van der Waals surface area contributed by atoms with Gasteiger partial charge in [0.2, 0.25) is 0 Å². The maximum Gasteiger partial charge on any atom is 0.153 e. The predicted molar refractivity (Wildman–Crippen MR) is 68.1 cm³/mol. The quantitative estimate of drug-likeness (QED) is 0.836. The Balaban J connectivity index is 2.35. The molecule has 0 unspecified atom stereocenters. The first-order valence-corrected chi connectivity index (χ1v) is 5.29. The molecule has 0 saturated heterocycles. The van der Waals surface area contributed by atoms with Crippen LogP contribution in [0.3, 0.4) is 0 Å². The summed E-state index contributed by atoms with van der Waals surface area (Å²) in [7, 11) is 0. The number of nitrogen functional groups attached to an aromatic ring is 1. The summed E-state index contributed by atoms with van der Waals surface area (Å²) < 4.78 is 0. The van der Waals surface area contributed by atoms with Crippen molar-refractivity contribution in [2.45, 2.75) is 6.92 Å². The maximum absolute atomic E-state index is 6.03. The van der Waals surface area contributed by atoms with Crippen LogP contribution >= 0.6 is 11.6 Å². The molecule has 0 aliphatic carbocycles. The molecule has 82 valence electrons. The SMILES string of the molecule is Cc1c(Cl)cccc1Nc1ncccc1N. The third kappa shape index (κ3) is 2.09. The minimum absolute atomic E-state index is 0.613. The summed E-state index contributed by atoms with van der Waals surface area (Å²) in [6, 6.07) is 9.27. The monoisotopic (exact) mass is 233 g/mol. The highest BCUT2D eigenvalue weighted by Gasteiger charge is 2.04. The first kappa shape index (κ1) is 10.8. The lowest BCUT2D eigenvalue weighted by Gasteiger charge is -2.11. The number of anilines is 3. The number of nitrogens with zero attached hydrogens (tertiary/aromatic N) is 1. The molecular weight excluding hydrogens is 222 g/mol. The Labute approximate surface area is 99.3 Å². The molecule has 0 spiro atoms. The van der Waals surface area contributed by atoms with Gasteiger partial charge < -0.3 is 11.1 Å². The largest absolute Gasteiger partial charge is 0.396 e. The first-order chi connectivity index (χ1) is 7.68. The van der Waals surface area contributed by atoms with Crippen LogP contribution in [0.2, 0.25) is 5.02 Å². The molecule has 1 aromatic heterocycles. The van der Waals surface area contributed by atoms with Crippen LogP contribution in [0.1, 0.15) is 5.56 Å². The van der Waals surface area contributed by atoms with Crippen LogP contribution in [-0.2, 0) is 0 Å². The van der Waals surface area contributed by atoms with Crippen molar-refractivity contribution < 1.29 is 0 Å². The fourth-order valence-electron chi connectivity index (χ4n) is 1.39. The van der Waals surface area contributed by atoms with E-state index in [2.05, 4.69) is 10.3 Å². The van der Waals surface area contributed by atoms with Crippen LogP contribution in [0.25, 0.3) is 0 Å². The van der Waals surface area contributed by atoms with E-state index < -0.39 is 0 Å². The van der Waals surface area contributed by atoms with E-state index in [0.717, 1.165) is 16.3 Å². The summed E-state index contributed by atoms with van der Waals surface area (Å²) in [6.45, 7) is 1.95. The van der Waals surface area contributed by atoms with Gasteiger partial charge in [-0.25, -0.2) is 4.98 Å². The Kier molecular flexibility index (Phi) is 2.97. The summed E-state index contributed by atoms with van der Waals surface area (Å²) in [4.78, 5) is 4.17.